The highest BCUT2D eigenvalue weighted by Crippen LogP contribution is 2.32. The maximum absolute atomic E-state index is 13.6. The number of hydrogen-bond acceptors (Lipinski definition) is 8. The number of aliphatic carboxylic acids is 1. The Hall–Kier alpha value is -2.93. The van der Waals surface area contributed by atoms with E-state index >= 15 is 0 Å². The summed E-state index contributed by atoms with van der Waals surface area (Å²) < 4.78 is 40.4. The summed E-state index contributed by atoms with van der Waals surface area (Å²) in [6.45, 7) is 6.40. The minimum atomic E-state index is -4.02. The van der Waals surface area contributed by atoms with E-state index in [0.29, 0.717) is 16.8 Å². The molecule has 2 unspecified atom stereocenters. The first kappa shape index (κ1) is 30.3. The third-order valence-electron chi connectivity index (χ3n) is 5.27. The second kappa shape index (κ2) is 12.1. The topological polar surface area (TPSA) is 161 Å². The average molecular weight is 540 g/mol. The van der Waals surface area contributed by atoms with Crippen molar-refractivity contribution in [3.63, 3.8) is 0 Å². The van der Waals surface area contributed by atoms with Crippen molar-refractivity contribution in [2.24, 2.45) is 0 Å². The second-order valence-corrected chi connectivity index (χ2v) is 11.8. The molecule has 0 saturated carbocycles. The summed E-state index contributed by atoms with van der Waals surface area (Å²) in [5, 5.41) is 39.0. The molecule has 0 amide bonds. The van der Waals surface area contributed by atoms with Crippen LogP contribution < -0.4 is 4.31 Å². The van der Waals surface area contributed by atoms with Gasteiger partial charge in [0.15, 0.2) is 0 Å². The van der Waals surface area contributed by atoms with Gasteiger partial charge in [0, 0.05) is 24.6 Å². The zero-order valence-corrected chi connectivity index (χ0v) is 22.3. The van der Waals surface area contributed by atoms with Gasteiger partial charge in [-0.2, -0.15) is 0 Å². The van der Waals surface area contributed by atoms with Crippen LogP contribution in [0.15, 0.2) is 30.3 Å². The van der Waals surface area contributed by atoms with Gasteiger partial charge in [0.1, 0.15) is 5.82 Å². The first-order valence-corrected chi connectivity index (χ1v) is 13.2. The van der Waals surface area contributed by atoms with Crippen LogP contribution in [0.4, 0.5) is 10.3 Å². The molecule has 12 heteroatoms. The van der Waals surface area contributed by atoms with Gasteiger partial charge in [-0.1, -0.05) is 26.0 Å². The molecule has 37 heavy (non-hydrogen) atoms. The number of aliphatic hydroxyl groups excluding tert-OH is 2. The molecule has 0 saturated heterocycles. The molecule has 4 N–H and O–H groups in total. The van der Waals surface area contributed by atoms with Crippen LogP contribution in [0.25, 0.3) is 17.3 Å². The SMILES string of the molecule is CC(C)c1nc(N(C)S(=O)(=O)CC(C)(C)O)nc(-c2ccc(F)cc2)c1/C=C/C(O)CC(O)CC(=O)O. The van der Waals surface area contributed by atoms with E-state index in [4.69, 9.17) is 5.11 Å². The molecular weight excluding hydrogens is 505 g/mol. The molecule has 0 spiro atoms. The second-order valence-electron chi connectivity index (χ2n) is 9.78. The Morgan fingerprint density at radius 1 is 1.16 bits per heavy atom. The summed E-state index contributed by atoms with van der Waals surface area (Å²) in [5.74, 6) is -2.64. The Labute approximate surface area is 216 Å². The summed E-state index contributed by atoms with van der Waals surface area (Å²) in [4.78, 5) is 19.7. The number of aliphatic hydroxyl groups is 3. The fourth-order valence-electron chi connectivity index (χ4n) is 3.56. The number of aromatic nitrogens is 2. The van der Waals surface area contributed by atoms with Gasteiger partial charge in [0.25, 0.3) is 0 Å². The monoisotopic (exact) mass is 539 g/mol. The predicted molar refractivity (Wildman–Crippen MR) is 138 cm³/mol. The molecule has 0 bridgehead atoms. The van der Waals surface area contributed by atoms with Crippen LogP contribution in [0.5, 0.6) is 0 Å². The molecule has 1 aromatic carbocycles. The molecule has 0 radical (unpaired) electrons. The van der Waals surface area contributed by atoms with Gasteiger partial charge in [-0.15, -0.1) is 0 Å². The predicted octanol–water partition coefficient (Wildman–Crippen LogP) is 2.54. The van der Waals surface area contributed by atoms with Crippen molar-refractivity contribution in [1.82, 2.24) is 9.97 Å². The summed E-state index contributed by atoms with van der Waals surface area (Å²) in [7, 11) is -2.74. The normalized spacial score (nSPS) is 14.2. The molecule has 0 fully saturated rings. The van der Waals surface area contributed by atoms with Crippen molar-refractivity contribution < 1.29 is 38.0 Å². The minimum absolute atomic E-state index is 0.151. The Kier molecular flexibility index (Phi) is 9.89. The van der Waals surface area contributed by atoms with Crippen LogP contribution in [0.3, 0.4) is 0 Å². The van der Waals surface area contributed by atoms with E-state index in [1.807, 2.05) is 13.8 Å². The maximum atomic E-state index is 13.6. The van der Waals surface area contributed by atoms with Crippen LogP contribution in [0, 0.1) is 5.82 Å². The van der Waals surface area contributed by atoms with E-state index < -0.39 is 51.8 Å². The van der Waals surface area contributed by atoms with Crippen LogP contribution in [-0.4, -0.2) is 75.4 Å². The smallest absolute Gasteiger partial charge is 0.305 e. The lowest BCUT2D eigenvalue weighted by Crippen LogP contribution is -2.39. The van der Waals surface area contributed by atoms with Gasteiger partial charge in [0.05, 0.1) is 41.4 Å². The van der Waals surface area contributed by atoms with Gasteiger partial charge in [-0.3, -0.25) is 4.79 Å². The van der Waals surface area contributed by atoms with Crippen LogP contribution >= 0.6 is 0 Å². The molecule has 10 nitrogen and oxygen atoms in total. The Bertz CT molecular complexity index is 1230. The molecule has 0 aliphatic rings. The molecular formula is C25H34FN3O7S. The summed E-state index contributed by atoms with van der Waals surface area (Å²) >= 11 is 0. The third kappa shape index (κ3) is 8.85. The summed E-state index contributed by atoms with van der Waals surface area (Å²) in [6, 6.07) is 5.40. The molecule has 2 aromatic rings. The van der Waals surface area contributed by atoms with Crippen molar-refractivity contribution in [2.45, 2.75) is 64.3 Å². The quantitative estimate of drug-likeness (QED) is 0.318. The zero-order valence-electron chi connectivity index (χ0n) is 21.5. The van der Waals surface area contributed by atoms with E-state index in [1.165, 1.54) is 57.3 Å². The first-order chi connectivity index (χ1) is 17.0. The van der Waals surface area contributed by atoms with Gasteiger partial charge in [-0.05, 0) is 44.0 Å². The number of nitrogens with zero attached hydrogens (tertiary/aromatic N) is 3. The standard InChI is InChI=1S/C25H34FN3O7S/c1-15(2)22-20(11-10-18(30)12-19(31)13-21(32)33)23(16-6-8-17(26)9-7-16)28-24(27-22)29(5)37(35,36)14-25(3,4)34/h6-11,15,18-19,30-31,34H,12-14H2,1-5H3,(H,32,33)/b11-10+. The van der Waals surface area contributed by atoms with E-state index in [9.17, 15) is 32.9 Å². The minimum Gasteiger partial charge on any atom is -0.481 e. The summed E-state index contributed by atoms with van der Waals surface area (Å²) in [6.07, 6.45) is -0.316. The number of carboxylic acid groups (broad SMARTS) is 1. The van der Waals surface area contributed by atoms with Crippen molar-refractivity contribution >= 4 is 28.0 Å². The number of hydrogen-bond donors (Lipinski definition) is 4. The Balaban J connectivity index is 2.64. The Morgan fingerprint density at radius 2 is 1.76 bits per heavy atom. The fraction of sp³-hybridized carbons (Fsp3) is 0.480. The van der Waals surface area contributed by atoms with Gasteiger partial charge >= 0.3 is 5.97 Å². The third-order valence-corrected chi connectivity index (χ3v) is 7.34. The van der Waals surface area contributed by atoms with Crippen LogP contribution in [0.1, 0.15) is 57.7 Å². The zero-order chi connectivity index (χ0) is 28.1. The van der Waals surface area contributed by atoms with E-state index in [1.54, 1.807) is 0 Å². The molecule has 1 aromatic heterocycles. The van der Waals surface area contributed by atoms with Crippen molar-refractivity contribution in [3.05, 3.63) is 47.4 Å². The average Bonchev–Trinajstić information content (AvgIpc) is 2.74. The number of benzene rings is 1. The molecule has 0 aliphatic heterocycles. The molecule has 2 rings (SSSR count). The van der Waals surface area contributed by atoms with Gasteiger partial charge in [0.2, 0.25) is 16.0 Å². The van der Waals surface area contributed by atoms with E-state index in [0.717, 1.165) is 4.31 Å². The highest BCUT2D eigenvalue weighted by atomic mass is 32.2. The lowest BCUT2D eigenvalue weighted by molar-refractivity contribution is -0.139. The lowest BCUT2D eigenvalue weighted by Gasteiger charge is -2.25. The number of carboxylic acids is 1. The van der Waals surface area contributed by atoms with Gasteiger partial charge < -0.3 is 20.4 Å². The molecule has 1 heterocycles. The maximum Gasteiger partial charge on any atom is 0.305 e. The largest absolute Gasteiger partial charge is 0.481 e. The molecule has 204 valence electrons. The number of rotatable bonds is 12. The highest BCUT2D eigenvalue weighted by Gasteiger charge is 2.30. The van der Waals surface area contributed by atoms with Crippen molar-refractivity contribution in [2.75, 3.05) is 17.1 Å². The number of carbonyl (C=O) groups is 1. The first-order valence-electron chi connectivity index (χ1n) is 11.6. The van der Waals surface area contributed by atoms with E-state index in [-0.39, 0.29) is 24.0 Å². The highest BCUT2D eigenvalue weighted by molar-refractivity contribution is 7.92. The fourth-order valence-corrected chi connectivity index (χ4v) is 4.98. The Morgan fingerprint density at radius 3 is 2.27 bits per heavy atom. The van der Waals surface area contributed by atoms with Crippen molar-refractivity contribution in [1.29, 1.82) is 0 Å². The number of anilines is 1. The number of sulfonamides is 1. The van der Waals surface area contributed by atoms with Crippen molar-refractivity contribution in [3.8, 4) is 11.3 Å². The summed E-state index contributed by atoms with van der Waals surface area (Å²) in [5.41, 5.74) is 0.0982. The molecule has 0 aliphatic carbocycles. The number of halogens is 1. The molecule has 2 atom stereocenters. The van der Waals surface area contributed by atoms with Crippen LogP contribution in [0.2, 0.25) is 0 Å². The van der Waals surface area contributed by atoms with Crippen LogP contribution in [-0.2, 0) is 14.8 Å². The van der Waals surface area contributed by atoms with Gasteiger partial charge in [-0.25, -0.2) is 27.1 Å². The van der Waals surface area contributed by atoms with E-state index in [2.05, 4.69) is 9.97 Å². The lowest BCUT2D eigenvalue weighted by atomic mass is 9.97.